The second kappa shape index (κ2) is 6.31. The quantitative estimate of drug-likeness (QED) is 0.835. The first-order valence-electron chi connectivity index (χ1n) is 5.80. The molecule has 4 nitrogen and oxygen atoms in total. The lowest BCUT2D eigenvalue weighted by atomic mass is 10.2. The second-order valence-corrected chi connectivity index (χ2v) is 7.11. The third-order valence-corrected chi connectivity index (χ3v) is 5.20. The van der Waals surface area contributed by atoms with E-state index in [1.807, 2.05) is 0 Å². The van der Waals surface area contributed by atoms with Gasteiger partial charge in [-0.15, -0.1) is 0 Å². The topological polar surface area (TPSA) is 72.2 Å². The van der Waals surface area contributed by atoms with E-state index in [9.17, 15) is 12.8 Å². The summed E-state index contributed by atoms with van der Waals surface area (Å²) in [6.45, 7) is 0.194. The van der Waals surface area contributed by atoms with Crippen molar-refractivity contribution in [1.82, 2.24) is 0 Å². The van der Waals surface area contributed by atoms with E-state index in [4.69, 9.17) is 17.3 Å². The third-order valence-electron chi connectivity index (χ3n) is 2.70. The number of sulfonamides is 1. The Balaban J connectivity index is 2.43. The van der Waals surface area contributed by atoms with Crippen LogP contribution in [0.1, 0.15) is 5.56 Å². The summed E-state index contributed by atoms with van der Waals surface area (Å²) in [5.41, 5.74) is 6.35. The Morgan fingerprint density at radius 1 is 1.24 bits per heavy atom. The van der Waals surface area contributed by atoms with E-state index in [1.54, 1.807) is 6.07 Å². The van der Waals surface area contributed by atoms with E-state index in [2.05, 4.69) is 20.7 Å². The average Bonchev–Trinajstić information content (AvgIpc) is 2.42. The van der Waals surface area contributed by atoms with Crippen molar-refractivity contribution in [2.75, 3.05) is 4.72 Å². The smallest absolute Gasteiger partial charge is 0.263 e. The molecule has 0 amide bonds. The molecule has 21 heavy (non-hydrogen) atoms. The minimum Gasteiger partial charge on any atom is -0.326 e. The van der Waals surface area contributed by atoms with Gasteiger partial charge in [-0.25, -0.2) is 12.8 Å². The van der Waals surface area contributed by atoms with Crippen LogP contribution in [0.15, 0.2) is 45.8 Å². The molecular formula is C13H11BrClFN2O2S. The lowest BCUT2D eigenvalue weighted by Crippen LogP contribution is -2.14. The van der Waals surface area contributed by atoms with E-state index in [-0.39, 0.29) is 26.6 Å². The van der Waals surface area contributed by atoms with Gasteiger partial charge in [0.1, 0.15) is 10.7 Å². The normalized spacial score (nSPS) is 11.4. The summed E-state index contributed by atoms with van der Waals surface area (Å²) in [4.78, 5) is -0.0802. The molecule has 0 aliphatic rings. The zero-order chi connectivity index (χ0) is 15.6. The SMILES string of the molecule is NCc1ccc(Cl)c(S(=O)(=O)Nc2ccc(F)cc2Br)c1. The van der Waals surface area contributed by atoms with Crippen molar-refractivity contribution < 1.29 is 12.8 Å². The number of hydrogen-bond donors (Lipinski definition) is 2. The molecule has 0 fully saturated rings. The van der Waals surface area contributed by atoms with Gasteiger partial charge in [0.05, 0.1) is 10.7 Å². The number of halogens is 3. The summed E-state index contributed by atoms with van der Waals surface area (Å²) < 4.78 is 40.4. The van der Waals surface area contributed by atoms with Gasteiger partial charge in [0.15, 0.2) is 0 Å². The van der Waals surface area contributed by atoms with Gasteiger partial charge in [-0.05, 0) is 51.8 Å². The fourth-order valence-electron chi connectivity index (χ4n) is 1.65. The summed E-state index contributed by atoms with van der Waals surface area (Å²) >= 11 is 9.04. The van der Waals surface area contributed by atoms with Crippen LogP contribution in [0.4, 0.5) is 10.1 Å². The van der Waals surface area contributed by atoms with Crippen molar-refractivity contribution in [2.45, 2.75) is 11.4 Å². The van der Waals surface area contributed by atoms with Crippen molar-refractivity contribution in [3.63, 3.8) is 0 Å². The summed E-state index contributed by atoms with van der Waals surface area (Å²) in [7, 11) is -3.90. The highest BCUT2D eigenvalue weighted by Gasteiger charge is 2.19. The largest absolute Gasteiger partial charge is 0.326 e. The standard InChI is InChI=1S/C13H11BrClFN2O2S/c14-10-6-9(16)2-4-12(10)18-21(19,20)13-5-8(7-17)1-3-11(13)15/h1-6,18H,7,17H2. The highest BCUT2D eigenvalue weighted by Crippen LogP contribution is 2.28. The molecule has 2 aromatic carbocycles. The number of nitrogens with one attached hydrogen (secondary N) is 1. The molecule has 112 valence electrons. The van der Waals surface area contributed by atoms with Crippen LogP contribution in [0.3, 0.4) is 0 Å². The third kappa shape index (κ3) is 3.74. The molecule has 3 N–H and O–H groups in total. The minimum absolute atomic E-state index is 0.0802. The van der Waals surface area contributed by atoms with Crippen molar-refractivity contribution in [1.29, 1.82) is 0 Å². The number of anilines is 1. The lowest BCUT2D eigenvalue weighted by Gasteiger charge is -2.12. The van der Waals surface area contributed by atoms with Gasteiger partial charge in [0.25, 0.3) is 10.0 Å². The molecular weight excluding hydrogens is 383 g/mol. The highest BCUT2D eigenvalue weighted by atomic mass is 79.9. The molecule has 0 unspecified atom stereocenters. The molecule has 2 aromatic rings. The molecule has 0 saturated carbocycles. The van der Waals surface area contributed by atoms with Crippen molar-refractivity contribution in [3.8, 4) is 0 Å². The van der Waals surface area contributed by atoms with E-state index in [0.717, 1.165) is 12.1 Å². The van der Waals surface area contributed by atoms with Crippen LogP contribution in [0.2, 0.25) is 5.02 Å². The van der Waals surface area contributed by atoms with E-state index < -0.39 is 15.8 Å². The number of benzene rings is 2. The lowest BCUT2D eigenvalue weighted by molar-refractivity contribution is 0.601. The molecule has 0 heterocycles. The van der Waals surface area contributed by atoms with Gasteiger partial charge < -0.3 is 5.73 Å². The molecule has 0 aromatic heterocycles. The summed E-state index contributed by atoms with van der Waals surface area (Å²) in [5.74, 6) is -0.479. The highest BCUT2D eigenvalue weighted by molar-refractivity contribution is 9.10. The van der Waals surface area contributed by atoms with Gasteiger partial charge in [-0.2, -0.15) is 0 Å². The summed E-state index contributed by atoms with van der Waals surface area (Å²) in [5, 5.41) is 0.0814. The molecule has 8 heteroatoms. The Morgan fingerprint density at radius 2 is 1.95 bits per heavy atom. The van der Waals surface area contributed by atoms with Crippen molar-refractivity contribution in [3.05, 3.63) is 57.3 Å². The van der Waals surface area contributed by atoms with Crippen LogP contribution in [0, 0.1) is 5.82 Å². The summed E-state index contributed by atoms with van der Waals surface area (Å²) in [6, 6.07) is 8.16. The number of nitrogens with two attached hydrogens (primary N) is 1. The van der Waals surface area contributed by atoms with Crippen LogP contribution in [-0.2, 0) is 16.6 Å². The first-order valence-corrected chi connectivity index (χ1v) is 8.45. The molecule has 0 atom stereocenters. The van der Waals surface area contributed by atoms with Gasteiger partial charge in [0, 0.05) is 11.0 Å². The predicted octanol–water partition coefficient (Wildman–Crippen LogP) is 3.50. The minimum atomic E-state index is -3.90. The molecule has 0 spiro atoms. The fraction of sp³-hybridized carbons (Fsp3) is 0.0769. The van der Waals surface area contributed by atoms with Crippen LogP contribution in [-0.4, -0.2) is 8.42 Å². The molecule has 0 bridgehead atoms. The first-order chi connectivity index (χ1) is 9.83. The number of hydrogen-bond acceptors (Lipinski definition) is 3. The Hall–Kier alpha value is -1.15. The molecule has 0 aliphatic carbocycles. The van der Waals surface area contributed by atoms with Crippen LogP contribution >= 0.6 is 27.5 Å². The first kappa shape index (κ1) is 16.2. The Labute approximate surface area is 135 Å². The molecule has 0 aliphatic heterocycles. The Kier molecular flexibility index (Phi) is 4.88. The van der Waals surface area contributed by atoms with Crippen LogP contribution < -0.4 is 10.5 Å². The van der Waals surface area contributed by atoms with Gasteiger partial charge in [0.2, 0.25) is 0 Å². The molecule has 2 rings (SSSR count). The predicted molar refractivity (Wildman–Crippen MR) is 84.3 cm³/mol. The van der Waals surface area contributed by atoms with Crippen LogP contribution in [0.25, 0.3) is 0 Å². The van der Waals surface area contributed by atoms with Crippen molar-refractivity contribution in [2.24, 2.45) is 5.73 Å². The van der Waals surface area contributed by atoms with Gasteiger partial charge in [-0.1, -0.05) is 17.7 Å². The van der Waals surface area contributed by atoms with E-state index in [0.29, 0.717) is 5.56 Å². The molecule has 0 radical (unpaired) electrons. The maximum Gasteiger partial charge on any atom is 0.263 e. The Morgan fingerprint density at radius 3 is 2.57 bits per heavy atom. The fourth-order valence-corrected chi connectivity index (χ4v) is 3.86. The maximum absolute atomic E-state index is 13.0. The average molecular weight is 394 g/mol. The van der Waals surface area contributed by atoms with Crippen molar-refractivity contribution >= 4 is 43.2 Å². The van der Waals surface area contributed by atoms with Crippen LogP contribution in [0.5, 0.6) is 0 Å². The maximum atomic E-state index is 13.0. The monoisotopic (exact) mass is 392 g/mol. The van der Waals surface area contributed by atoms with Gasteiger partial charge in [-0.3, -0.25) is 4.72 Å². The van der Waals surface area contributed by atoms with E-state index in [1.165, 1.54) is 18.2 Å². The van der Waals surface area contributed by atoms with E-state index >= 15 is 0 Å². The zero-order valence-corrected chi connectivity index (χ0v) is 13.8. The molecule has 0 saturated heterocycles. The summed E-state index contributed by atoms with van der Waals surface area (Å²) in [6.07, 6.45) is 0. The Bertz CT molecular complexity index is 784. The second-order valence-electron chi connectivity index (χ2n) is 4.20. The zero-order valence-electron chi connectivity index (χ0n) is 10.6. The number of rotatable bonds is 4. The van der Waals surface area contributed by atoms with Gasteiger partial charge >= 0.3 is 0 Å².